The molecule has 3 heterocycles. The van der Waals surface area contributed by atoms with E-state index in [1.165, 1.54) is 25.8 Å². The number of piperidine rings is 2. The molecule has 23 heavy (non-hydrogen) atoms. The fraction of sp³-hybridized carbons (Fsp3) is 0.850. The minimum Gasteiger partial charge on any atom is -0.388 e. The highest BCUT2D eigenvalue weighted by Gasteiger charge is 2.89. The molecule has 9 aliphatic rings. The number of carbonyl (C=O) groups excluding carboxylic acids is 1. The minimum absolute atomic E-state index is 0.0350. The van der Waals surface area contributed by atoms with Crippen LogP contribution in [0.1, 0.15) is 39.0 Å². The van der Waals surface area contributed by atoms with Crippen LogP contribution < -0.4 is 0 Å². The molecule has 6 aliphatic carbocycles. The van der Waals surface area contributed by atoms with E-state index >= 15 is 0 Å². The van der Waals surface area contributed by atoms with Crippen LogP contribution in [-0.2, 0) is 4.79 Å². The van der Waals surface area contributed by atoms with Gasteiger partial charge in [-0.2, -0.15) is 0 Å². The van der Waals surface area contributed by atoms with Gasteiger partial charge in [-0.3, -0.25) is 9.69 Å². The van der Waals surface area contributed by atoms with Crippen LogP contribution in [0.5, 0.6) is 0 Å². The summed E-state index contributed by atoms with van der Waals surface area (Å²) >= 11 is 0. The minimum atomic E-state index is -0.410. The first-order valence-electron chi connectivity index (χ1n) is 9.63. The molecule has 0 aromatic carbocycles. The molecule has 11 atom stereocenters. The van der Waals surface area contributed by atoms with E-state index in [0.29, 0.717) is 29.2 Å². The van der Waals surface area contributed by atoms with Crippen LogP contribution in [0.25, 0.3) is 0 Å². The van der Waals surface area contributed by atoms with Crippen LogP contribution in [0.4, 0.5) is 0 Å². The molecule has 3 heteroatoms. The summed E-state index contributed by atoms with van der Waals surface area (Å²) in [5.74, 6) is 1.87. The standard InChI is InChI=1S/C20H25NO2/c1-9-10-6-11-16-19-5-3-4-18(2)8-21(16)12(14(18)19)7-20(11,17(9)23)15(19)13(10)22/h10-12,14-17,23H,1,3-8H2,2H3. The Morgan fingerprint density at radius 3 is 2.96 bits per heavy atom. The maximum Gasteiger partial charge on any atom is 0.144 e. The lowest BCUT2D eigenvalue weighted by molar-refractivity contribution is -0.179. The zero-order valence-electron chi connectivity index (χ0n) is 13.8. The summed E-state index contributed by atoms with van der Waals surface area (Å²) in [6.45, 7) is 7.92. The molecule has 122 valence electrons. The lowest BCUT2D eigenvalue weighted by Gasteiger charge is -2.63. The van der Waals surface area contributed by atoms with Crippen LogP contribution in [0.15, 0.2) is 12.2 Å². The highest BCUT2D eigenvalue weighted by Crippen LogP contribution is 2.86. The summed E-state index contributed by atoms with van der Waals surface area (Å²) < 4.78 is 0. The summed E-state index contributed by atoms with van der Waals surface area (Å²) in [7, 11) is 0. The molecule has 9 rings (SSSR count). The van der Waals surface area contributed by atoms with Crippen LogP contribution >= 0.6 is 0 Å². The summed E-state index contributed by atoms with van der Waals surface area (Å²) in [6, 6.07) is 1.24. The van der Waals surface area contributed by atoms with Crippen LogP contribution in [0.2, 0.25) is 0 Å². The third-order valence-electron chi connectivity index (χ3n) is 10.1. The average molecular weight is 311 g/mol. The normalized spacial score (nSPS) is 72.4. The Labute approximate surface area is 137 Å². The number of aliphatic hydroxyl groups is 1. The van der Waals surface area contributed by atoms with E-state index in [1.54, 1.807) is 0 Å². The van der Waals surface area contributed by atoms with E-state index in [-0.39, 0.29) is 22.7 Å². The second-order valence-electron chi connectivity index (χ2n) is 10.3. The van der Waals surface area contributed by atoms with E-state index in [2.05, 4.69) is 18.4 Å². The zero-order chi connectivity index (χ0) is 15.5. The van der Waals surface area contributed by atoms with E-state index in [0.717, 1.165) is 24.3 Å². The Hall–Kier alpha value is -0.670. The number of ketones is 1. The van der Waals surface area contributed by atoms with Gasteiger partial charge in [0, 0.05) is 41.3 Å². The Balaban J connectivity index is 1.56. The topological polar surface area (TPSA) is 40.5 Å². The van der Waals surface area contributed by atoms with Gasteiger partial charge in [-0.25, -0.2) is 0 Å². The average Bonchev–Trinajstić information content (AvgIpc) is 2.93. The fourth-order valence-electron chi connectivity index (χ4n) is 10.2. The van der Waals surface area contributed by atoms with Gasteiger partial charge < -0.3 is 5.11 Å². The van der Waals surface area contributed by atoms with Gasteiger partial charge in [-0.1, -0.05) is 19.9 Å². The van der Waals surface area contributed by atoms with Crippen molar-refractivity contribution < 1.29 is 9.90 Å². The van der Waals surface area contributed by atoms with Crippen molar-refractivity contribution in [3.05, 3.63) is 12.2 Å². The van der Waals surface area contributed by atoms with Crippen molar-refractivity contribution >= 4 is 5.78 Å². The molecular weight excluding hydrogens is 286 g/mol. The van der Waals surface area contributed by atoms with Crippen molar-refractivity contribution in [2.75, 3.05) is 6.54 Å². The summed E-state index contributed by atoms with van der Waals surface area (Å²) in [5.41, 5.74) is 1.38. The SMILES string of the molecule is C=C1C2CC3C4N5CC6(C)CCCC47C6C5CC3(C1O)C7C2=O. The fourth-order valence-corrected chi connectivity index (χ4v) is 10.2. The molecule has 11 unspecified atom stereocenters. The van der Waals surface area contributed by atoms with Crippen molar-refractivity contribution in [3.63, 3.8) is 0 Å². The predicted octanol–water partition coefficient (Wildman–Crippen LogP) is 2.00. The van der Waals surface area contributed by atoms with Gasteiger partial charge in [0.25, 0.3) is 0 Å². The highest BCUT2D eigenvalue weighted by molar-refractivity contribution is 5.92. The lowest BCUT2D eigenvalue weighted by Crippen LogP contribution is -2.67. The molecule has 9 bridgehead atoms. The van der Waals surface area contributed by atoms with Gasteiger partial charge in [0.05, 0.1) is 6.10 Å². The van der Waals surface area contributed by atoms with Crippen molar-refractivity contribution in [2.24, 2.45) is 39.9 Å². The highest BCUT2D eigenvalue weighted by atomic mass is 16.3. The van der Waals surface area contributed by atoms with E-state index in [1.807, 2.05) is 0 Å². The van der Waals surface area contributed by atoms with Gasteiger partial charge >= 0.3 is 0 Å². The third kappa shape index (κ3) is 0.877. The van der Waals surface area contributed by atoms with Crippen LogP contribution in [-0.4, -0.2) is 40.5 Å². The van der Waals surface area contributed by atoms with Gasteiger partial charge in [0.15, 0.2) is 0 Å². The first-order chi connectivity index (χ1) is 11.0. The van der Waals surface area contributed by atoms with Crippen molar-refractivity contribution in [2.45, 2.75) is 57.2 Å². The number of nitrogens with zero attached hydrogens (tertiary/aromatic N) is 1. The number of rotatable bonds is 0. The molecule has 6 saturated carbocycles. The lowest BCUT2D eigenvalue weighted by atomic mass is 9.40. The van der Waals surface area contributed by atoms with E-state index in [9.17, 15) is 9.90 Å². The largest absolute Gasteiger partial charge is 0.388 e. The molecule has 3 aliphatic heterocycles. The Kier molecular flexibility index (Phi) is 1.71. The van der Waals surface area contributed by atoms with Gasteiger partial charge in [0.1, 0.15) is 5.78 Å². The molecule has 3 saturated heterocycles. The maximum atomic E-state index is 13.5. The molecule has 9 fully saturated rings. The number of fused-ring (bicyclic) bond motifs is 1. The number of carbonyl (C=O) groups is 1. The molecule has 0 radical (unpaired) electrons. The molecule has 3 nitrogen and oxygen atoms in total. The second kappa shape index (κ2) is 3.10. The molecule has 0 aromatic rings. The smallest absolute Gasteiger partial charge is 0.144 e. The predicted molar refractivity (Wildman–Crippen MR) is 84.5 cm³/mol. The number of hydrogen-bond donors (Lipinski definition) is 1. The molecule has 1 N–H and O–H groups in total. The molecular formula is C20H25NO2. The van der Waals surface area contributed by atoms with Gasteiger partial charge in [-0.15, -0.1) is 0 Å². The number of aliphatic hydroxyl groups excluding tert-OH is 1. The molecule has 0 aromatic heterocycles. The van der Waals surface area contributed by atoms with E-state index < -0.39 is 6.10 Å². The molecule has 2 spiro atoms. The Morgan fingerprint density at radius 1 is 1.30 bits per heavy atom. The maximum absolute atomic E-state index is 13.5. The zero-order valence-corrected chi connectivity index (χ0v) is 13.8. The summed E-state index contributed by atoms with van der Waals surface area (Å²) in [4.78, 5) is 16.3. The quantitative estimate of drug-likeness (QED) is 0.696. The van der Waals surface area contributed by atoms with Crippen molar-refractivity contribution in [1.82, 2.24) is 4.90 Å². The van der Waals surface area contributed by atoms with Gasteiger partial charge in [0.2, 0.25) is 0 Å². The second-order valence-corrected chi connectivity index (χ2v) is 10.3. The Bertz CT molecular complexity index is 716. The number of hydrogen-bond acceptors (Lipinski definition) is 3. The van der Waals surface area contributed by atoms with Crippen molar-refractivity contribution in [1.29, 1.82) is 0 Å². The Morgan fingerprint density at radius 2 is 2.13 bits per heavy atom. The van der Waals surface area contributed by atoms with Crippen LogP contribution in [0, 0.1) is 39.9 Å². The van der Waals surface area contributed by atoms with Crippen molar-refractivity contribution in [3.8, 4) is 0 Å². The number of Topliss-reactive ketones (excluding diaryl/α,β-unsaturated/α-hetero) is 1. The van der Waals surface area contributed by atoms with Crippen LogP contribution in [0.3, 0.4) is 0 Å². The monoisotopic (exact) mass is 311 g/mol. The van der Waals surface area contributed by atoms with E-state index in [4.69, 9.17) is 0 Å². The van der Waals surface area contributed by atoms with Gasteiger partial charge in [-0.05, 0) is 48.5 Å². The first kappa shape index (κ1) is 12.7. The third-order valence-corrected chi connectivity index (χ3v) is 10.1. The summed E-state index contributed by atoms with van der Waals surface area (Å²) in [6.07, 6.45) is 5.53. The summed E-state index contributed by atoms with van der Waals surface area (Å²) in [5, 5.41) is 11.2. The first-order valence-corrected chi connectivity index (χ1v) is 9.63. The molecule has 0 amide bonds.